The molecule has 1 aromatic rings. The number of rotatable bonds is 2. The molecule has 84 valence electrons. The Bertz CT molecular complexity index is 408. The van der Waals surface area contributed by atoms with Crippen molar-refractivity contribution in [2.45, 2.75) is 13.0 Å². The third-order valence-electron chi connectivity index (χ3n) is 2.85. The summed E-state index contributed by atoms with van der Waals surface area (Å²) in [7, 11) is 1.64. The van der Waals surface area contributed by atoms with Crippen LogP contribution in [-0.2, 0) is 4.79 Å². The van der Waals surface area contributed by atoms with E-state index >= 15 is 0 Å². The van der Waals surface area contributed by atoms with Gasteiger partial charge in [-0.2, -0.15) is 0 Å². The largest absolute Gasteiger partial charge is 0.497 e. The van der Waals surface area contributed by atoms with Gasteiger partial charge in [-0.1, -0.05) is 25.1 Å². The lowest BCUT2D eigenvalue weighted by Gasteiger charge is -2.26. The molecule has 1 heterocycles. The lowest BCUT2D eigenvalue weighted by Crippen LogP contribution is -2.34. The molecular weight excluding hydrogens is 202 g/mol. The van der Waals surface area contributed by atoms with Gasteiger partial charge in [0.05, 0.1) is 13.2 Å². The molecule has 16 heavy (non-hydrogen) atoms. The van der Waals surface area contributed by atoms with E-state index < -0.39 is 0 Å². The summed E-state index contributed by atoms with van der Waals surface area (Å²) in [5.74, 6) is 1.11. The average molecular weight is 217 g/mol. The van der Waals surface area contributed by atoms with Crippen LogP contribution in [0.2, 0.25) is 0 Å². The number of carbonyl (C=O) groups excluding carboxylic acids is 1. The highest BCUT2D eigenvalue weighted by Gasteiger charge is 2.22. The van der Waals surface area contributed by atoms with Gasteiger partial charge in [0.2, 0.25) is 5.91 Å². The molecule has 0 spiro atoms. The molecule has 0 bridgehead atoms. The van der Waals surface area contributed by atoms with Crippen LogP contribution in [0.25, 0.3) is 0 Å². The Morgan fingerprint density at radius 2 is 1.94 bits per heavy atom. The molecule has 3 heteroatoms. The number of benzene rings is 1. The molecule has 1 amide bonds. The summed E-state index contributed by atoms with van der Waals surface area (Å²) in [5.41, 5.74) is 1.10. The van der Waals surface area contributed by atoms with E-state index in [0.717, 1.165) is 11.3 Å². The Hall–Kier alpha value is -1.77. The van der Waals surface area contributed by atoms with Crippen LogP contribution in [-0.4, -0.2) is 13.0 Å². The SMILES string of the molecule is COc1ccc([C@@H]2NC(=O)C=C[C@H]2C)cc1. The highest BCUT2D eigenvalue weighted by atomic mass is 16.5. The molecule has 0 aliphatic carbocycles. The third kappa shape index (κ3) is 2.08. The van der Waals surface area contributed by atoms with Crippen molar-refractivity contribution in [2.75, 3.05) is 7.11 Å². The number of ether oxygens (including phenoxy) is 1. The van der Waals surface area contributed by atoms with Gasteiger partial charge >= 0.3 is 0 Å². The van der Waals surface area contributed by atoms with Crippen LogP contribution < -0.4 is 10.1 Å². The number of amides is 1. The van der Waals surface area contributed by atoms with Crippen molar-refractivity contribution in [3.63, 3.8) is 0 Å². The fourth-order valence-electron chi connectivity index (χ4n) is 1.88. The summed E-state index contributed by atoms with van der Waals surface area (Å²) in [6.45, 7) is 2.09. The Labute approximate surface area is 95.1 Å². The number of methoxy groups -OCH3 is 1. The monoisotopic (exact) mass is 217 g/mol. The van der Waals surface area contributed by atoms with E-state index in [-0.39, 0.29) is 11.9 Å². The van der Waals surface area contributed by atoms with Crippen molar-refractivity contribution < 1.29 is 9.53 Å². The minimum atomic E-state index is -0.0288. The summed E-state index contributed by atoms with van der Waals surface area (Å²) < 4.78 is 5.10. The predicted molar refractivity (Wildman–Crippen MR) is 62.2 cm³/mol. The fourth-order valence-corrected chi connectivity index (χ4v) is 1.88. The molecule has 1 aromatic carbocycles. The van der Waals surface area contributed by atoms with Gasteiger partial charge in [-0.25, -0.2) is 0 Å². The second-order valence-electron chi connectivity index (χ2n) is 3.98. The maximum atomic E-state index is 11.3. The zero-order valence-corrected chi connectivity index (χ0v) is 9.44. The van der Waals surface area contributed by atoms with Gasteiger partial charge < -0.3 is 10.1 Å². The second-order valence-corrected chi connectivity index (χ2v) is 3.98. The summed E-state index contributed by atoms with van der Waals surface area (Å²) >= 11 is 0. The highest BCUT2D eigenvalue weighted by Crippen LogP contribution is 2.26. The smallest absolute Gasteiger partial charge is 0.244 e. The maximum Gasteiger partial charge on any atom is 0.244 e. The van der Waals surface area contributed by atoms with Crippen molar-refractivity contribution in [1.29, 1.82) is 0 Å². The zero-order valence-electron chi connectivity index (χ0n) is 9.44. The standard InChI is InChI=1S/C13H15NO2/c1-9-3-8-12(15)14-13(9)10-4-6-11(16-2)7-5-10/h3-9,13H,1-2H3,(H,14,15)/t9-,13-/m1/s1. The summed E-state index contributed by atoms with van der Waals surface area (Å²) in [5, 5.41) is 2.95. The minimum absolute atomic E-state index is 0.0288. The topological polar surface area (TPSA) is 38.3 Å². The van der Waals surface area contributed by atoms with Crippen LogP contribution in [0.15, 0.2) is 36.4 Å². The third-order valence-corrected chi connectivity index (χ3v) is 2.85. The summed E-state index contributed by atoms with van der Waals surface area (Å²) in [6, 6.07) is 7.85. The number of hydrogen-bond acceptors (Lipinski definition) is 2. The lowest BCUT2D eigenvalue weighted by atomic mass is 9.92. The summed E-state index contributed by atoms with van der Waals surface area (Å²) in [4.78, 5) is 11.3. The first-order chi connectivity index (χ1) is 7.70. The average Bonchev–Trinajstić information content (AvgIpc) is 2.32. The molecule has 2 atom stereocenters. The predicted octanol–water partition coefficient (Wildman–Crippen LogP) is 2.06. The van der Waals surface area contributed by atoms with E-state index in [1.54, 1.807) is 13.2 Å². The van der Waals surface area contributed by atoms with Gasteiger partial charge in [0.1, 0.15) is 5.75 Å². The number of carbonyl (C=O) groups is 1. The van der Waals surface area contributed by atoms with Crippen molar-refractivity contribution in [2.24, 2.45) is 5.92 Å². The molecule has 3 nitrogen and oxygen atoms in total. The van der Waals surface area contributed by atoms with Crippen LogP contribution >= 0.6 is 0 Å². The minimum Gasteiger partial charge on any atom is -0.497 e. The van der Waals surface area contributed by atoms with E-state index in [1.165, 1.54) is 0 Å². The highest BCUT2D eigenvalue weighted by molar-refractivity contribution is 5.88. The zero-order chi connectivity index (χ0) is 11.5. The molecule has 0 fully saturated rings. The van der Waals surface area contributed by atoms with Crippen LogP contribution in [0.5, 0.6) is 5.75 Å². The van der Waals surface area contributed by atoms with E-state index in [0.29, 0.717) is 5.92 Å². The molecule has 0 saturated carbocycles. The van der Waals surface area contributed by atoms with Gasteiger partial charge in [-0.05, 0) is 29.7 Å². The van der Waals surface area contributed by atoms with Crippen LogP contribution in [0.4, 0.5) is 0 Å². The molecule has 0 unspecified atom stereocenters. The van der Waals surface area contributed by atoms with Crippen molar-refractivity contribution >= 4 is 5.91 Å². The second kappa shape index (κ2) is 4.39. The molecule has 1 N–H and O–H groups in total. The van der Waals surface area contributed by atoms with E-state index in [9.17, 15) is 4.79 Å². The normalized spacial score (nSPS) is 24.0. The van der Waals surface area contributed by atoms with E-state index in [2.05, 4.69) is 12.2 Å². The Balaban J connectivity index is 2.23. The first kappa shape index (κ1) is 10.7. The quantitative estimate of drug-likeness (QED) is 0.823. The van der Waals surface area contributed by atoms with Crippen molar-refractivity contribution in [3.8, 4) is 5.75 Å². The van der Waals surface area contributed by atoms with E-state index in [1.807, 2.05) is 30.3 Å². The van der Waals surface area contributed by atoms with Gasteiger partial charge in [-0.15, -0.1) is 0 Å². The summed E-state index contributed by atoms with van der Waals surface area (Å²) in [6.07, 6.45) is 3.53. The molecule has 0 aromatic heterocycles. The van der Waals surface area contributed by atoms with Gasteiger partial charge in [0.25, 0.3) is 0 Å². The Morgan fingerprint density at radius 1 is 1.25 bits per heavy atom. The van der Waals surface area contributed by atoms with Crippen LogP contribution in [0.3, 0.4) is 0 Å². The Morgan fingerprint density at radius 3 is 2.56 bits per heavy atom. The van der Waals surface area contributed by atoms with Crippen molar-refractivity contribution in [3.05, 3.63) is 42.0 Å². The van der Waals surface area contributed by atoms with Crippen molar-refractivity contribution in [1.82, 2.24) is 5.32 Å². The van der Waals surface area contributed by atoms with Gasteiger partial charge in [0.15, 0.2) is 0 Å². The molecule has 0 saturated heterocycles. The number of nitrogens with one attached hydrogen (secondary N) is 1. The number of hydrogen-bond donors (Lipinski definition) is 1. The van der Waals surface area contributed by atoms with Gasteiger partial charge in [-0.3, -0.25) is 4.79 Å². The molecule has 1 aliphatic rings. The van der Waals surface area contributed by atoms with E-state index in [4.69, 9.17) is 4.74 Å². The van der Waals surface area contributed by atoms with Crippen LogP contribution in [0.1, 0.15) is 18.5 Å². The molecule has 1 aliphatic heterocycles. The maximum absolute atomic E-state index is 11.3. The first-order valence-electron chi connectivity index (χ1n) is 5.33. The Kier molecular flexibility index (Phi) is 2.95. The molecule has 0 radical (unpaired) electrons. The fraction of sp³-hybridized carbons (Fsp3) is 0.308. The van der Waals surface area contributed by atoms with Gasteiger partial charge in [0, 0.05) is 0 Å². The lowest BCUT2D eigenvalue weighted by molar-refractivity contribution is -0.117. The first-order valence-corrected chi connectivity index (χ1v) is 5.33. The molecular formula is C13H15NO2. The molecule has 2 rings (SSSR count). The van der Waals surface area contributed by atoms with Crippen LogP contribution in [0, 0.1) is 5.92 Å².